The molecular formula is C21H20N6O. The molecule has 1 aliphatic rings. The topological polar surface area (TPSA) is 68.3 Å². The highest BCUT2D eigenvalue weighted by Gasteiger charge is 2.29. The van der Waals surface area contributed by atoms with E-state index in [-0.39, 0.29) is 11.8 Å². The summed E-state index contributed by atoms with van der Waals surface area (Å²) >= 11 is 0. The smallest absolute Gasteiger partial charge is 0.272 e. The number of aromatic nitrogens is 5. The Kier molecular flexibility index (Phi) is 4.12. The largest absolute Gasteiger partial charge is 0.337 e. The first-order valence-corrected chi connectivity index (χ1v) is 9.48. The zero-order valence-electron chi connectivity index (χ0n) is 15.3. The molecule has 1 aliphatic heterocycles. The first-order valence-electron chi connectivity index (χ1n) is 9.48. The highest BCUT2D eigenvalue weighted by molar-refractivity contribution is 5.93. The quantitative estimate of drug-likeness (QED) is 0.554. The van der Waals surface area contributed by atoms with Gasteiger partial charge in [0.25, 0.3) is 5.91 Å². The number of nitrogens with zero attached hydrogens (tertiary/aromatic N) is 6. The van der Waals surface area contributed by atoms with E-state index in [2.05, 4.69) is 15.2 Å². The Bertz CT molecular complexity index is 1120. The standard InChI is InChI=1S/C21H20N6O/c28-21(18-13-22-15-27(18)17-8-2-1-3-9-17)25-11-6-7-16(14-25)20-24-23-19-10-4-5-12-26(19)20/h1-5,8-10,12-13,15-16H,6-7,11,14H2/t16-/m0/s1. The van der Waals surface area contributed by atoms with Crippen LogP contribution in [-0.2, 0) is 0 Å². The Morgan fingerprint density at radius 3 is 2.79 bits per heavy atom. The summed E-state index contributed by atoms with van der Waals surface area (Å²) in [5.41, 5.74) is 2.35. The van der Waals surface area contributed by atoms with Gasteiger partial charge in [0.05, 0.1) is 12.5 Å². The third-order valence-electron chi connectivity index (χ3n) is 5.31. The predicted molar refractivity (Wildman–Crippen MR) is 104 cm³/mol. The summed E-state index contributed by atoms with van der Waals surface area (Å²) in [7, 11) is 0. The van der Waals surface area contributed by atoms with Crippen molar-refractivity contribution in [1.82, 2.24) is 29.0 Å². The van der Waals surface area contributed by atoms with Crippen LogP contribution in [0, 0.1) is 0 Å². The molecule has 1 atom stereocenters. The van der Waals surface area contributed by atoms with E-state index in [1.54, 1.807) is 12.5 Å². The second kappa shape index (κ2) is 6.92. The van der Waals surface area contributed by atoms with Crippen LogP contribution in [0.15, 0.2) is 67.3 Å². The van der Waals surface area contributed by atoms with Crippen molar-refractivity contribution in [3.63, 3.8) is 0 Å². The van der Waals surface area contributed by atoms with E-state index in [1.807, 2.05) is 68.6 Å². The first kappa shape index (κ1) is 16.7. The van der Waals surface area contributed by atoms with E-state index < -0.39 is 0 Å². The lowest BCUT2D eigenvalue weighted by atomic mass is 9.97. The molecule has 4 heterocycles. The van der Waals surface area contributed by atoms with Crippen molar-refractivity contribution in [1.29, 1.82) is 0 Å². The number of carbonyl (C=O) groups excluding carboxylic acids is 1. The molecule has 1 amide bonds. The van der Waals surface area contributed by atoms with Crippen molar-refractivity contribution in [2.24, 2.45) is 0 Å². The third kappa shape index (κ3) is 2.85. The van der Waals surface area contributed by atoms with E-state index in [9.17, 15) is 4.79 Å². The molecule has 1 saturated heterocycles. The van der Waals surface area contributed by atoms with Gasteiger partial charge in [-0.3, -0.25) is 13.8 Å². The number of amides is 1. The normalized spacial score (nSPS) is 17.1. The number of hydrogen-bond donors (Lipinski definition) is 0. The molecule has 0 bridgehead atoms. The van der Waals surface area contributed by atoms with Crippen LogP contribution in [0.4, 0.5) is 0 Å². The van der Waals surface area contributed by atoms with E-state index in [4.69, 9.17) is 0 Å². The molecule has 3 aromatic heterocycles. The lowest BCUT2D eigenvalue weighted by Gasteiger charge is -2.32. The average molecular weight is 372 g/mol. The number of benzene rings is 1. The number of rotatable bonds is 3. The van der Waals surface area contributed by atoms with Crippen LogP contribution in [0.5, 0.6) is 0 Å². The molecule has 28 heavy (non-hydrogen) atoms. The van der Waals surface area contributed by atoms with Crippen LogP contribution in [0.2, 0.25) is 0 Å². The maximum atomic E-state index is 13.3. The molecule has 5 rings (SSSR count). The molecule has 1 aromatic carbocycles. The molecule has 0 saturated carbocycles. The minimum Gasteiger partial charge on any atom is -0.337 e. The second-order valence-electron chi connectivity index (χ2n) is 7.06. The van der Waals surface area contributed by atoms with E-state index in [0.29, 0.717) is 12.2 Å². The fraction of sp³-hybridized carbons (Fsp3) is 0.238. The molecule has 7 nitrogen and oxygen atoms in total. The molecule has 0 N–H and O–H groups in total. The van der Waals surface area contributed by atoms with E-state index in [0.717, 1.165) is 36.5 Å². The van der Waals surface area contributed by atoms with Crippen LogP contribution in [0.3, 0.4) is 0 Å². The second-order valence-corrected chi connectivity index (χ2v) is 7.06. The van der Waals surface area contributed by atoms with E-state index >= 15 is 0 Å². The van der Waals surface area contributed by atoms with Gasteiger partial charge in [-0.1, -0.05) is 24.3 Å². The predicted octanol–water partition coefficient (Wildman–Crippen LogP) is 2.93. The maximum absolute atomic E-state index is 13.3. The average Bonchev–Trinajstić information content (AvgIpc) is 3.41. The van der Waals surface area contributed by atoms with Crippen molar-refractivity contribution >= 4 is 11.6 Å². The summed E-state index contributed by atoms with van der Waals surface area (Å²) in [4.78, 5) is 19.4. The Labute approximate surface area is 162 Å². The molecule has 140 valence electrons. The minimum atomic E-state index is -0.000117. The minimum absolute atomic E-state index is 0.000117. The summed E-state index contributed by atoms with van der Waals surface area (Å²) < 4.78 is 3.87. The number of fused-ring (bicyclic) bond motifs is 1. The monoisotopic (exact) mass is 372 g/mol. The zero-order valence-corrected chi connectivity index (χ0v) is 15.3. The molecule has 0 unspecified atom stereocenters. The van der Waals surface area contributed by atoms with Crippen LogP contribution in [0.25, 0.3) is 11.3 Å². The van der Waals surface area contributed by atoms with Gasteiger partial charge in [0, 0.05) is 30.9 Å². The number of piperidine rings is 1. The summed E-state index contributed by atoms with van der Waals surface area (Å²) in [6.45, 7) is 1.38. The molecule has 0 spiro atoms. The Balaban J connectivity index is 1.42. The SMILES string of the molecule is O=C(c1cncn1-c1ccccc1)N1CCC[C@H](c2nnc3ccccn23)C1. The lowest BCUT2D eigenvalue weighted by molar-refractivity contribution is 0.0696. The number of pyridine rings is 1. The van der Waals surface area contributed by atoms with Gasteiger partial charge < -0.3 is 4.90 Å². The van der Waals surface area contributed by atoms with Gasteiger partial charge in [0.1, 0.15) is 11.5 Å². The number of para-hydroxylation sites is 1. The van der Waals surface area contributed by atoms with Crippen LogP contribution >= 0.6 is 0 Å². The van der Waals surface area contributed by atoms with Crippen LogP contribution < -0.4 is 0 Å². The van der Waals surface area contributed by atoms with Crippen LogP contribution in [0.1, 0.15) is 35.1 Å². The molecule has 0 radical (unpaired) electrons. The fourth-order valence-electron chi connectivity index (χ4n) is 3.92. The molecule has 7 heteroatoms. The van der Waals surface area contributed by atoms with E-state index in [1.165, 1.54) is 0 Å². The summed E-state index contributed by atoms with van der Waals surface area (Å²) in [5, 5.41) is 8.66. The summed E-state index contributed by atoms with van der Waals surface area (Å²) in [6.07, 6.45) is 7.26. The summed E-state index contributed by atoms with van der Waals surface area (Å²) in [6, 6.07) is 15.7. The fourth-order valence-corrected chi connectivity index (χ4v) is 3.92. The number of imidazole rings is 1. The Morgan fingerprint density at radius 1 is 1.04 bits per heavy atom. The number of likely N-dealkylation sites (tertiary alicyclic amines) is 1. The van der Waals surface area contributed by atoms with Crippen molar-refractivity contribution in [3.05, 3.63) is 78.8 Å². The van der Waals surface area contributed by atoms with Gasteiger partial charge >= 0.3 is 0 Å². The lowest BCUT2D eigenvalue weighted by Crippen LogP contribution is -2.40. The maximum Gasteiger partial charge on any atom is 0.272 e. The molecular weight excluding hydrogens is 352 g/mol. The van der Waals surface area contributed by atoms with Crippen molar-refractivity contribution in [2.45, 2.75) is 18.8 Å². The van der Waals surface area contributed by atoms with Gasteiger partial charge in [-0.25, -0.2) is 4.98 Å². The van der Waals surface area contributed by atoms with Crippen molar-refractivity contribution in [3.8, 4) is 5.69 Å². The summed E-state index contributed by atoms with van der Waals surface area (Å²) in [5.74, 6) is 1.09. The highest BCUT2D eigenvalue weighted by Crippen LogP contribution is 2.27. The Morgan fingerprint density at radius 2 is 1.89 bits per heavy atom. The first-order chi connectivity index (χ1) is 13.8. The Hall–Kier alpha value is -3.48. The molecule has 1 fully saturated rings. The molecule has 0 aliphatic carbocycles. The zero-order chi connectivity index (χ0) is 18.9. The van der Waals surface area contributed by atoms with Gasteiger partial charge in [-0.2, -0.15) is 0 Å². The van der Waals surface area contributed by atoms with Crippen molar-refractivity contribution in [2.75, 3.05) is 13.1 Å². The van der Waals surface area contributed by atoms with Gasteiger partial charge in [0.15, 0.2) is 5.65 Å². The highest BCUT2D eigenvalue weighted by atomic mass is 16.2. The molecule has 4 aromatic rings. The van der Waals surface area contributed by atoms with Gasteiger partial charge in [0.2, 0.25) is 0 Å². The number of carbonyl (C=O) groups is 1. The van der Waals surface area contributed by atoms with Crippen molar-refractivity contribution < 1.29 is 4.79 Å². The van der Waals surface area contributed by atoms with Gasteiger partial charge in [-0.05, 0) is 37.1 Å². The third-order valence-corrected chi connectivity index (χ3v) is 5.31. The number of hydrogen-bond acceptors (Lipinski definition) is 4. The van der Waals surface area contributed by atoms with Crippen LogP contribution in [-0.4, -0.2) is 48.0 Å². The van der Waals surface area contributed by atoms with Gasteiger partial charge in [-0.15, -0.1) is 10.2 Å².